The van der Waals surface area contributed by atoms with Crippen molar-refractivity contribution in [1.82, 2.24) is 14.8 Å². The first-order chi connectivity index (χ1) is 23.6. The number of ether oxygens (including phenoxy) is 2. The van der Waals surface area contributed by atoms with Crippen LogP contribution in [0.25, 0.3) is 11.3 Å². The van der Waals surface area contributed by atoms with Gasteiger partial charge >= 0.3 is 13.7 Å². The lowest BCUT2D eigenvalue weighted by Gasteiger charge is -2.29. The van der Waals surface area contributed by atoms with E-state index in [1.807, 2.05) is 39.9 Å². The summed E-state index contributed by atoms with van der Waals surface area (Å²) < 4.78 is 55.9. The second kappa shape index (κ2) is 14.2. The molecule has 2 N–H and O–H groups in total. The lowest BCUT2D eigenvalue weighted by Crippen LogP contribution is -2.26. The number of aromatic nitrogens is 3. The zero-order valence-corrected chi connectivity index (χ0v) is 27.9. The van der Waals surface area contributed by atoms with Crippen molar-refractivity contribution in [1.29, 1.82) is 0 Å². The molecular formula is C33H34ClF2N5O7P. The third-order valence-electron chi connectivity index (χ3n) is 8.46. The van der Waals surface area contributed by atoms with Gasteiger partial charge < -0.3 is 24.6 Å². The standard InChI is InChI=1S/C33H34ClF2N5O7P/c34-33(35,36)47-26-10-8-25(9-11-26)39-32(42)24-17-28(29-12-14-38-41(29)30-7-3-4-16-44-30)31(37-18-24)40-15-13-27(19-40)48-49(43)45-20-22-5-1-2-6-23(22)21-46-49/h1-2,5-6,8-12,14,17-18,27,30,43H,3-4,7,13,15-16,19-21H2,(H,39,42). The van der Waals surface area contributed by atoms with E-state index in [0.29, 0.717) is 43.2 Å². The largest absolute Gasteiger partial charge is 0.487 e. The number of anilines is 2. The van der Waals surface area contributed by atoms with E-state index in [1.54, 1.807) is 12.3 Å². The summed E-state index contributed by atoms with van der Waals surface area (Å²) in [5.74, 6) is -0.0204. The van der Waals surface area contributed by atoms with Crippen molar-refractivity contribution in [3.63, 3.8) is 0 Å². The number of nitrogens with zero attached hydrogens (tertiary/aromatic N) is 4. The third kappa shape index (κ3) is 8.02. The molecule has 0 aliphatic carbocycles. The highest BCUT2D eigenvalue weighted by Gasteiger charge is 2.39. The Morgan fingerprint density at radius 1 is 1.06 bits per heavy atom. The molecule has 12 nitrogen and oxygen atoms in total. The third-order valence-corrected chi connectivity index (χ3v) is 10.0. The minimum Gasteiger partial charge on any atom is -0.420 e. The summed E-state index contributed by atoms with van der Waals surface area (Å²) in [6, 6.07) is 16.7. The molecule has 2 atom stereocenters. The van der Waals surface area contributed by atoms with Crippen molar-refractivity contribution in [2.45, 2.75) is 56.8 Å². The van der Waals surface area contributed by atoms with Gasteiger partial charge in [0.05, 0.1) is 30.6 Å². The number of hydrogen-bond acceptors (Lipinski definition) is 10. The summed E-state index contributed by atoms with van der Waals surface area (Å²) in [5.41, 5.74) is 0.0111. The summed E-state index contributed by atoms with van der Waals surface area (Å²) in [4.78, 5) is 31.4. The lowest BCUT2D eigenvalue weighted by molar-refractivity contribution is -0.0964. The van der Waals surface area contributed by atoms with Gasteiger partial charge in [0.15, 0.2) is 6.23 Å². The van der Waals surface area contributed by atoms with Crippen molar-refractivity contribution in [3.8, 4) is 17.0 Å². The first-order valence-electron chi connectivity index (χ1n) is 15.9. The van der Waals surface area contributed by atoms with E-state index in [0.717, 1.165) is 36.1 Å². The van der Waals surface area contributed by atoms with E-state index in [9.17, 15) is 18.5 Å². The van der Waals surface area contributed by atoms with Crippen LogP contribution in [-0.4, -0.2) is 56.9 Å². The second-order valence-corrected chi connectivity index (χ2v) is 14.0. The Balaban J connectivity index is 1.12. The van der Waals surface area contributed by atoms with Crippen LogP contribution < -0.4 is 15.0 Å². The molecule has 2 saturated heterocycles. The number of nitrogens with one attached hydrogen (secondary N) is 1. The Labute approximate surface area is 286 Å². The molecule has 2 aromatic carbocycles. The predicted molar refractivity (Wildman–Crippen MR) is 177 cm³/mol. The number of pyridine rings is 1. The topological polar surface area (TPSA) is 129 Å². The molecule has 7 rings (SSSR count). The fraction of sp³-hybridized carbons (Fsp3) is 0.364. The molecule has 1 amide bonds. The van der Waals surface area contributed by atoms with Gasteiger partial charge in [-0.05, 0) is 73.2 Å². The van der Waals surface area contributed by atoms with Gasteiger partial charge in [-0.25, -0.2) is 9.67 Å². The van der Waals surface area contributed by atoms with Crippen LogP contribution >= 0.6 is 19.8 Å². The van der Waals surface area contributed by atoms with Crippen LogP contribution in [0.3, 0.4) is 0 Å². The average molecular weight is 717 g/mol. The summed E-state index contributed by atoms with van der Waals surface area (Å²) in [7, 11) is -3.59. The van der Waals surface area contributed by atoms with Gasteiger partial charge in [0.2, 0.25) is 0 Å². The van der Waals surface area contributed by atoms with Crippen molar-refractivity contribution >= 4 is 37.2 Å². The Morgan fingerprint density at radius 2 is 1.82 bits per heavy atom. The predicted octanol–water partition coefficient (Wildman–Crippen LogP) is 7.08. The van der Waals surface area contributed by atoms with Crippen LogP contribution in [0.15, 0.2) is 73.1 Å². The highest BCUT2D eigenvalue weighted by Crippen LogP contribution is 2.62. The molecule has 3 aliphatic heterocycles. The Morgan fingerprint density at radius 3 is 2.51 bits per heavy atom. The van der Waals surface area contributed by atoms with Crippen LogP contribution in [0.2, 0.25) is 0 Å². The Kier molecular flexibility index (Phi) is 9.80. The van der Waals surface area contributed by atoms with Gasteiger partial charge in [-0.15, -0.1) is 8.78 Å². The maximum absolute atomic E-state index is 13.4. The summed E-state index contributed by atoms with van der Waals surface area (Å²) in [6.07, 6.45) is 5.82. The zero-order valence-electron chi connectivity index (χ0n) is 26.2. The summed E-state index contributed by atoms with van der Waals surface area (Å²) in [5, 5.41) is 7.34. The number of rotatable bonds is 9. The number of carbonyl (C=O) groups excluding carboxylic acids is 1. The number of alkyl halides is 3. The minimum absolute atomic E-state index is 0.158. The molecule has 3 aliphatic rings. The molecule has 1 radical (unpaired) electrons. The van der Waals surface area contributed by atoms with Crippen LogP contribution in [0.1, 0.15) is 53.4 Å². The number of benzene rings is 2. The van der Waals surface area contributed by atoms with E-state index in [2.05, 4.69) is 15.2 Å². The molecule has 259 valence electrons. The van der Waals surface area contributed by atoms with Crippen molar-refractivity contribution in [2.24, 2.45) is 0 Å². The van der Waals surface area contributed by atoms with Gasteiger partial charge in [0.1, 0.15) is 11.6 Å². The molecule has 0 saturated carbocycles. The monoisotopic (exact) mass is 716 g/mol. The first kappa shape index (κ1) is 33.7. The van der Waals surface area contributed by atoms with E-state index in [1.165, 1.54) is 30.5 Å². The average Bonchev–Trinajstić information content (AvgIpc) is 3.74. The smallest absolute Gasteiger partial charge is 0.420 e. The number of carbonyl (C=O) groups is 1. The Hall–Kier alpha value is -3.75. The number of amides is 1. The SMILES string of the molecule is O=C(Nc1ccc(OC(F)(F)Cl)cc1)c1cnc(N2CCC(O[P]3(O)OCc4ccccc4CO3)C2)c(-c2ccnn2C2CCCCO2)c1. The highest BCUT2D eigenvalue weighted by molar-refractivity contribution is 7.55. The molecule has 0 spiro atoms. The minimum atomic E-state index is -3.85. The maximum atomic E-state index is 13.4. The Bertz CT molecular complexity index is 1760. The molecule has 5 heterocycles. The van der Waals surface area contributed by atoms with Gasteiger partial charge in [-0.3, -0.25) is 18.4 Å². The van der Waals surface area contributed by atoms with E-state index >= 15 is 0 Å². The summed E-state index contributed by atoms with van der Waals surface area (Å²) in [6.45, 7) is 1.93. The molecule has 16 heteroatoms. The maximum Gasteiger partial charge on any atom is 0.487 e. The molecular weight excluding hydrogens is 683 g/mol. The second-order valence-electron chi connectivity index (χ2n) is 11.8. The number of halogens is 3. The fourth-order valence-electron chi connectivity index (χ4n) is 6.07. The highest BCUT2D eigenvalue weighted by atomic mass is 35.5. The molecule has 0 bridgehead atoms. The van der Waals surface area contributed by atoms with Crippen LogP contribution in [0.4, 0.5) is 20.3 Å². The van der Waals surface area contributed by atoms with Crippen LogP contribution in [-0.2, 0) is 31.5 Å². The molecule has 2 aromatic heterocycles. The van der Waals surface area contributed by atoms with Crippen LogP contribution in [0.5, 0.6) is 5.75 Å². The van der Waals surface area contributed by atoms with Gasteiger partial charge in [-0.2, -0.15) is 5.10 Å². The summed E-state index contributed by atoms with van der Waals surface area (Å²) >= 11 is 4.85. The molecule has 4 aromatic rings. The number of fused-ring (bicyclic) bond motifs is 1. The lowest BCUT2D eigenvalue weighted by atomic mass is 10.1. The van der Waals surface area contributed by atoms with Crippen molar-refractivity contribution < 1.29 is 41.5 Å². The quantitative estimate of drug-likeness (QED) is 0.137. The van der Waals surface area contributed by atoms with Gasteiger partial charge in [0, 0.05) is 54.9 Å². The first-order valence-corrected chi connectivity index (χ1v) is 17.7. The molecule has 2 fully saturated rings. The van der Waals surface area contributed by atoms with Crippen LogP contribution in [0, 0.1) is 0 Å². The fourth-order valence-corrected chi connectivity index (χ4v) is 7.51. The van der Waals surface area contributed by atoms with E-state index in [-0.39, 0.29) is 30.8 Å². The molecule has 2 unspecified atom stereocenters. The van der Waals surface area contributed by atoms with Crippen molar-refractivity contribution in [2.75, 3.05) is 29.9 Å². The van der Waals surface area contributed by atoms with E-state index < -0.39 is 25.7 Å². The normalized spacial score (nSPS) is 20.8. The van der Waals surface area contributed by atoms with Gasteiger partial charge in [-0.1, -0.05) is 24.3 Å². The molecule has 49 heavy (non-hydrogen) atoms. The zero-order chi connectivity index (χ0) is 34.0. The van der Waals surface area contributed by atoms with Crippen molar-refractivity contribution in [3.05, 3.63) is 89.7 Å². The van der Waals surface area contributed by atoms with E-state index in [4.69, 9.17) is 34.9 Å². The van der Waals surface area contributed by atoms with Gasteiger partial charge in [0.25, 0.3) is 5.91 Å². The number of hydrogen-bond donors (Lipinski definition) is 2.